The van der Waals surface area contributed by atoms with Crippen LogP contribution in [0.25, 0.3) is 0 Å². The Bertz CT molecular complexity index is 171. The van der Waals surface area contributed by atoms with E-state index in [-0.39, 0.29) is 0 Å². The lowest BCUT2D eigenvalue weighted by Gasteiger charge is -2.39. The molecular formula is C6H12INO5. The molecule has 13 heavy (non-hydrogen) atoms. The maximum absolute atomic E-state index is 9.44. The van der Waals surface area contributed by atoms with Crippen LogP contribution >= 0.6 is 22.9 Å². The van der Waals surface area contributed by atoms with Crippen LogP contribution in [0.1, 0.15) is 0 Å². The van der Waals surface area contributed by atoms with Crippen molar-refractivity contribution < 1.29 is 25.2 Å². The quantitative estimate of drug-likeness (QED) is 0.291. The number of hydrogen-bond acceptors (Lipinski definition) is 6. The summed E-state index contributed by atoms with van der Waals surface area (Å²) in [7, 11) is 0. The van der Waals surface area contributed by atoms with Crippen LogP contribution in [-0.4, -0.2) is 57.7 Å². The van der Waals surface area contributed by atoms with Crippen molar-refractivity contribution in [3.8, 4) is 0 Å². The maximum atomic E-state index is 9.44. The van der Waals surface area contributed by atoms with E-state index < -0.39 is 37.3 Å². The van der Waals surface area contributed by atoms with Gasteiger partial charge in [0.1, 0.15) is 18.3 Å². The van der Waals surface area contributed by atoms with Gasteiger partial charge in [-0.1, -0.05) is 0 Å². The third-order valence-electron chi connectivity index (χ3n) is 2.03. The number of rotatable bonds is 2. The van der Waals surface area contributed by atoms with Crippen LogP contribution in [0, 0.1) is 0 Å². The van der Waals surface area contributed by atoms with Gasteiger partial charge >= 0.3 is 0 Å². The molecule has 0 bridgehead atoms. The summed E-state index contributed by atoms with van der Waals surface area (Å²) < 4.78 is 7.43. The SMILES string of the molecule is OC[C@H]1OC(O)[C@H](NI)[C@@H](O)[C@H]1O. The normalized spacial score (nSPS) is 46.4. The highest BCUT2D eigenvalue weighted by Crippen LogP contribution is 2.20. The Hall–Kier alpha value is 0.490. The Labute approximate surface area is 89.0 Å². The van der Waals surface area contributed by atoms with Crippen molar-refractivity contribution in [2.45, 2.75) is 30.6 Å². The lowest BCUT2D eigenvalue weighted by molar-refractivity contribution is -0.250. The van der Waals surface area contributed by atoms with E-state index in [0.29, 0.717) is 0 Å². The fourth-order valence-corrected chi connectivity index (χ4v) is 1.89. The number of nitrogens with one attached hydrogen (secondary N) is 1. The molecule has 1 aliphatic heterocycles. The summed E-state index contributed by atoms with van der Waals surface area (Å²) in [5, 5.41) is 36.8. The van der Waals surface area contributed by atoms with Crippen LogP contribution < -0.4 is 3.53 Å². The Morgan fingerprint density at radius 2 is 1.85 bits per heavy atom. The van der Waals surface area contributed by atoms with Gasteiger partial charge in [-0.2, -0.15) is 0 Å². The Kier molecular flexibility index (Phi) is 4.29. The van der Waals surface area contributed by atoms with Gasteiger partial charge in [0.05, 0.1) is 12.6 Å². The fourth-order valence-electron chi connectivity index (χ4n) is 1.21. The highest BCUT2D eigenvalue weighted by molar-refractivity contribution is 14.1. The summed E-state index contributed by atoms with van der Waals surface area (Å²) in [5.74, 6) is 0. The summed E-state index contributed by atoms with van der Waals surface area (Å²) in [6, 6.07) is -0.751. The van der Waals surface area contributed by atoms with E-state index in [2.05, 4.69) is 3.53 Å². The second-order valence-corrected chi connectivity index (χ2v) is 3.49. The van der Waals surface area contributed by atoms with Crippen LogP contribution in [0.5, 0.6) is 0 Å². The zero-order valence-electron chi connectivity index (χ0n) is 6.67. The molecule has 0 aromatic heterocycles. The molecule has 1 fully saturated rings. The predicted octanol–water partition coefficient (Wildman–Crippen LogP) is -2.27. The Morgan fingerprint density at radius 3 is 2.31 bits per heavy atom. The molecule has 6 nitrogen and oxygen atoms in total. The van der Waals surface area contributed by atoms with Gasteiger partial charge in [-0.25, -0.2) is 0 Å². The van der Waals surface area contributed by atoms with E-state index in [4.69, 9.17) is 9.84 Å². The molecule has 1 rings (SSSR count). The molecule has 0 saturated carbocycles. The third-order valence-corrected chi connectivity index (χ3v) is 2.75. The summed E-state index contributed by atoms with van der Waals surface area (Å²) in [6.45, 7) is -0.441. The van der Waals surface area contributed by atoms with Crippen molar-refractivity contribution in [1.82, 2.24) is 3.53 Å². The van der Waals surface area contributed by atoms with Crippen LogP contribution in [-0.2, 0) is 4.74 Å². The van der Waals surface area contributed by atoms with E-state index in [9.17, 15) is 15.3 Å². The van der Waals surface area contributed by atoms with Crippen LogP contribution in [0.3, 0.4) is 0 Å². The molecule has 0 aromatic rings. The van der Waals surface area contributed by atoms with Crippen molar-refractivity contribution in [2.75, 3.05) is 6.61 Å². The molecule has 5 N–H and O–H groups in total. The van der Waals surface area contributed by atoms with Gasteiger partial charge in [0.25, 0.3) is 0 Å². The standard InChI is InChI=1S/C6H12INO5/c7-8-3-5(11)4(10)2(1-9)13-6(3)12/h2-6,8-12H,1H2/t2-,3-,4+,5-,6?/m1/s1. The van der Waals surface area contributed by atoms with Crippen molar-refractivity contribution in [3.05, 3.63) is 0 Å². The molecule has 0 amide bonds. The van der Waals surface area contributed by atoms with Crippen molar-refractivity contribution in [1.29, 1.82) is 0 Å². The first-order chi connectivity index (χ1) is 6.11. The second kappa shape index (κ2) is 4.82. The minimum Gasteiger partial charge on any atom is -0.394 e. The second-order valence-electron chi connectivity index (χ2n) is 2.86. The largest absolute Gasteiger partial charge is 0.394 e. The summed E-state index contributed by atoms with van der Waals surface area (Å²) in [6.07, 6.45) is -4.52. The van der Waals surface area contributed by atoms with Crippen molar-refractivity contribution in [3.63, 3.8) is 0 Å². The Morgan fingerprint density at radius 1 is 1.23 bits per heavy atom. The Balaban J connectivity index is 2.66. The number of halogens is 1. The molecule has 78 valence electrons. The zero-order chi connectivity index (χ0) is 10.0. The smallest absolute Gasteiger partial charge is 0.173 e. The molecule has 1 unspecified atom stereocenters. The van der Waals surface area contributed by atoms with Gasteiger partial charge in [0, 0.05) is 22.9 Å². The molecule has 0 aliphatic carbocycles. The molecule has 5 atom stereocenters. The third kappa shape index (κ3) is 2.29. The highest BCUT2D eigenvalue weighted by Gasteiger charge is 2.42. The van der Waals surface area contributed by atoms with Gasteiger partial charge in [0.2, 0.25) is 0 Å². The van der Waals surface area contributed by atoms with E-state index >= 15 is 0 Å². The number of aliphatic hydroxyl groups excluding tert-OH is 4. The molecule has 1 heterocycles. The molecule has 0 radical (unpaired) electrons. The average molecular weight is 305 g/mol. The first-order valence-corrected chi connectivity index (χ1v) is 4.86. The molecular weight excluding hydrogens is 293 g/mol. The monoisotopic (exact) mass is 305 g/mol. The lowest BCUT2D eigenvalue weighted by Crippen LogP contribution is -2.61. The first kappa shape index (κ1) is 11.6. The first-order valence-electron chi connectivity index (χ1n) is 3.78. The molecule has 1 saturated heterocycles. The minimum atomic E-state index is -1.23. The number of hydrogen-bond donors (Lipinski definition) is 5. The van der Waals surface area contributed by atoms with Gasteiger partial charge in [-0.3, -0.25) is 3.53 Å². The summed E-state index contributed by atoms with van der Waals surface area (Å²) >= 11 is 1.74. The highest BCUT2D eigenvalue weighted by atomic mass is 127. The van der Waals surface area contributed by atoms with E-state index in [0.717, 1.165) is 0 Å². The summed E-state index contributed by atoms with van der Waals surface area (Å²) in [4.78, 5) is 0. The van der Waals surface area contributed by atoms with Gasteiger partial charge < -0.3 is 25.2 Å². The maximum Gasteiger partial charge on any atom is 0.173 e. The molecule has 0 aromatic carbocycles. The van der Waals surface area contributed by atoms with Crippen LogP contribution in [0.4, 0.5) is 0 Å². The number of ether oxygens (including phenoxy) is 1. The van der Waals surface area contributed by atoms with Crippen molar-refractivity contribution >= 4 is 22.9 Å². The molecule has 1 aliphatic rings. The van der Waals surface area contributed by atoms with E-state index in [1.165, 1.54) is 0 Å². The fraction of sp³-hybridized carbons (Fsp3) is 1.00. The molecule has 0 spiro atoms. The average Bonchev–Trinajstić information content (AvgIpc) is 2.12. The number of aliphatic hydroxyl groups is 4. The van der Waals surface area contributed by atoms with Crippen molar-refractivity contribution in [2.24, 2.45) is 0 Å². The van der Waals surface area contributed by atoms with Gasteiger partial charge in [-0.05, 0) is 0 Å². The van der Waals surface area contributed by atoms with E-state index in [1.807, 2.05) is 0 Å². The van der Waals surface area contributed by atoms with Crippen LogP contribution in [0.15, 0.2) is 0 Å². The minimum absolute atomic E-state index is 0.441. The zero-order valence-corrected chi connectivity index (χ0v) is 8.83. The predicted molar refractivity (Wildman–Crippen MR) is 50.9 cm³/mol. The van der Waals surface area contributed by atoms with Gasteiger partial charge in [0.15, 0.2) is 6.29 Å². The molecule has 7 heteroatoms. The van der Waals surface area contributed by atoms with Gasteiger partial charge in [-0.15, -0.1) is 0 Å². The van der Waals surface area contributed by atoms with Crippen LogP contribution in [0.2, 0.25) is 0 Å². The topological polar surface area (TPSA) is 102 Å². The lowest BCUT2D eigenvalue weighted by atomic mass is 9.98. The summed E-state index contributed by atoms with van der Waals surface area (Å²) in [5.41, 5.74) is 0. The van der Waals surface area contributed by atoms with E-state index in [1.54, 1.807) is 22.9 Å².